The smallest absolute Gasteiger partial charge is 0.244 e. The minimum Gasteiger partial charge on any atom is -0.370 e. The summed E-state index contributed by atoms with van der Waals surface area (Å²) in [6, 6.07) is 10.8. The number of aliphatic imine (C=N–C) groups is 1. The Morgan fingerprint density at radius 3 is 2.50 bits per heavy atom. The lowest BCUT2D eigenvalue weighted by molar-refractivity contribution is -0.129. The Kier molecular flexibility index (Phi) is 4.46. The molecular formula is C16H23N5O. The highest BCUT2D eigenvalue weighted by Gasteiger charge is 2.23. The minimum atomic E-state index is 0.0493. The van der Waals surface area contributed by atoms with Crippen LogP contribution in [0.2, 0.25) is 0 Å². The van der Waals surface area contributed by atoms with Gasteiger partial charge in [0.15, 0.2) is 5.96 Å². The number of guanidine groups is 1. The second kappa shape index (κ2) is 6.68. The molecule has 2 fully saturated rings. The van der Waals surface area contributed by atoms with Crippen LogP contribution in [0.15, 0.2) is 35.3 Å². The Hall–Kier alpha value is -2.24. The number of benzene rings is 1. The zero-order chi connectivity index (χ0) is 15.4. The Morgan fingerprint density at radius 1 is 1.18 bits per heavy atom. The minimum absolute atomic E-state index is 0.0493. The van der Waals surface area contributed by atoms with Crippen LogP contribution in [0.1, 0.15) is 12.8 Å². The highest BCUT2D eigenvalue weighted by Crippen LogP contribution is 2.18. The molecule has 0 bridgehead atoms. The monoisotopic (exact) mass is 301 g/mol. The standard InChI is InChI=1S/C16H23N5O/c17-16(19-13-6-7-13)18-12-15(22)21-10-8-20(9-11-21)14-4-2-1-3-5-14/h1-5,13H,6-12H2,(H3,17,18,19). The predicted molar refractivity (Wildman–Crippen MR) is 87.9 cm³/mol. The van der Waals surface area contributed by atoms with Crippen LogP contribution in [0.4, 0.5) is 5.69 Å². The number of amides is 1. The average Bonchev–Trinajstić information content (AvgIpc) is 3.37. The number of para-hydroxylation sites is 1. The first-order valence-corrected chi connectivity index (χ1v) is 7.86. The fourth-order valence-corrected chi connectivity index (χ4v) is 2.59. The van der Waals surface area contributed by atoms with Crippen molar-refractivity contribution in [1.29, 1.82) is 0 Å². The van der Waals surface area contributed by atoms with Crippen LogP contribution in [-0.2, 0) is 4.79 Å². The van der Waals surface area contributed by atoms with Gasteiger partial charge in [-0.15, -0.1) is 0 Å². The van der Waals surface area contributed by atoms with Crippen molar-refractivity contribution in [3.63, 3.8) is 0 Å². The number of nitrogens with two attached hydrogens (primary N) is 1. The summed E-state index contributed by atoms with van der Waals surface area (Å²) in [5.41, 5.74) is 6.96. The van der Waals surface area contributed by atoms with E-state index in [0.717, 1.165) is 39.0 Å². The Balaban J connectivity index is 1.45. The molecule has 0 aromatic heterocycles. The quantitative estimate of drug-likeness (QED) is 0.624. The van der Waals surface area contributed by atoms with Gasteiger partial charge in [0.1, 0.15) is 6.54 Å². The van der Waals surface area contributed by atoms with Crippen molar-refractivity contribution >= 4 is 17.6 Å². The SMILES string of the molecule is NC(=NCC(=O)N1CCN(c2ccccc2)CC1)NC1CC1. The number of carbonyl (C=O) groups excluding carboxylic acids is 1. The zero-order valence-corrected chi connectivity index (χ0v) is 12.7. The number of rotatable bonds is 4. The fourth-order valence-electron chi connectivity index (χ4n) is 2.59. The maximum atomic E-state index is 12.2. The van der Waals surface area contributed by atoms with E-state index in [1.54, 1.807) is 0 Å². The van der Waals surface area contributed by atoms with E-state index in [-0.39, 0.29) is 12.5 Å². The Morgan fingerprint density at radius 2 is 1.86 bits per heavy atom. The number of piperazine rings is 1. The Labute approximate surface area is 131 Å². The van der Waals surface area contributed by atoms with Gasteiger partial charge in [0.2, 0.25) is 5.91 Å². The summed E-state index contributed by atoms with van der Waals surface area (Å²) < 4.78 is 0. The molecule has 6 nitrogen and oxygen atoms in total. The van der Waals surface area contributed by atoms with Crippen molar-refractivity contribution in [2.75, 3.05) is 37.6 Å². The van der Waals surface area contributed by atoms with E-state index in [1.165, 1.54) is 5.69 Å². The molecule has 1 saturated heterocycles. The van der Waals surface area contributed by atoms with Gasteiger partial charge in [0.05, 0.1) is 0 Å². The van der Waals surface area contributed by atoms with Crippen molar-refractivity contribution in [2.24, 2.45) is 10.7 Å². The third kappa shape index (κ3) is 3.90. The van der Waals surface area contributed by atoms with Gasteiger partial charge in [-0.1, -0.05) is 18.2 Å². The first kappa shape index (κ1) is 14.7. The predicted octanol–water partition coefficient (Wildman–Crippen LogP) is 0.402. The molecule has 1 aromatic carbocycles. The third-order valence-electron chi connectivity index (χ3n) is 4.07. The van der Waals surface area contributed by atoms with E-state index < -0.39 is 0 Å². The van der Waals surface area contributed by atoms with Crippen LogP contribution >= 0.6 is 0 Å². The molecule has 0 spiro atoms. The van der Waals surface area contributed by atoms with Crippen LogP contribution in [0.25, 0.3) is 0 Å². The highest BCUT2D eigenvalue weighted by atomic mass is 16.2. The summed E-state index contributed by atoms with van der Waals surface area (Å²) in [7, 11) is 0. The Bertz CT molecular complexity index is 533. The number of hydrogen-bond acceptors (Lipinski definition) is 3. The zero-order valence-electron chi connectivity index (χ0n) is 12.7. The van der Waals surface area contributed by atoms with Crippen LogP contribution in [0.3, 0.4) is 0 Å². The van der Waals surface area contributed by atoms with Gasteiger partial charge in [0, 0.05) is 37.9 Å². The van der Waals surface area contributed by atoms with Crippen LogP contribution in [0, 0.1) is 0 Å². The molecule has 1 aromatic rings. The molecule has 118 valence electrons. The molecular weight excluding hydrogens is 278 g/mol. The molecule has 22 heavy (non-hydrogen) atoms. The number of hydrogen-bond donors (Lipinski definition) is 2. The summed E-state index contributed by atoms with van der Waals surface area (Å²) >= 11 is 0. The average molecular weight is 301 g/mol. The normalized spacial score (nSPS) is 19.2. The summed E-state index contributed by atoms with van der Waals surface area (Å²) in [5, 5.41) is 3.09. The van der Waals surface area contributed by atoms with Crippen molar-refractivity contribution in [3.8, 4) is 0 Å². The van der Waals surface area contributed by atoms with E-state index in [4.69, 9.17) is 5.73 Å². The van der Waals surface area contributed by atoms with Gasteiger partial charge in [-0.2, -0.15) is 0 Å². The van der Waals surface area contributed by atoms with Crippen molar-refractivity contribution in [2.45, 2.75) is 18.9 Å². The van der Waals surface area contributed by atoms with Gasteiger partial charge >= 0.3 is 0 Å². The molecule has 1 aliphatic heterocycles. The summed E-state index contributed by atoms with van der Waals surface area (Å²) in [6.45, 7) is 3.32. The lowest BCUT2D eigenvalue weighted by Gasteiger charge is -2.35. The molecule has 2 aliphatic rings. The van der Waals surface area contributed by atoms with Gasteiger partial charge in [-0.3, -0.25) is 4.79 Å². The van der Waals surface area contributed by atoms with Gasteiger partial charge in [-0.05, 0) is 25.0 Å². The van der Waals surface area contributed by atoms with E-state index in [0.29, 0.717) is 12.0 Å². The van der Waals surface area contributed by atoms with Gasteiger partial charge in [-0.25, -0.2) is 4.99 Å². The highest BCUT2D eigenvalue weighted by molar-refractivity contribution is 5.84. The summed E-state index contributed by atoms with van der Waals surface area (Å²) in [4.78, 5) is 20.5. The molecule has 3 N–H and O–H groups in total. The largest absolute Gasteiger partial charge is 0.370 e. The number of carbonyl (C=O) groups is 1. The second-order valence-electron chi connectivity index (χ2n) is 5.82. The van der Waals surface area contributed by atoms with E-state index in [1.807, 2.05) is 23.1 Å². The fraction of sp³-hybridized carbons (Fsp3) is 0.500. The van der Waals surface area contributed by atoms with Crippen molar-refractivity contribution in [3.05, 3.63) is 30.3 Å². The molecule has 0 atom stereocenters. The third-order valence-corrected chi connectivity index (χ3v) is 4.07. The van der Waals surface area contributed by atoms with Gasteiger partial charge in [0.25, 0.3) is 0 Å². The molecule has 0 unspecified atom stereocenters. The van der Waals surface area contributed by atoms with E-state index >= 15 is 0 Å². The lowest BCUT2D eigenvalue weighted by atomic mass is 10.2. The topological polar surface area (TPSA) is 74.0 Å². The van der Waals surface area contributed by atoms with Crippen LogP contribution in [0.5, 0.6) is 0 Å². The second-order valence-corrected chi connectivity index (χ2v) is 5.82. The van der Waals surface area contributed by atoms with Crippen molar-refractivity contribution < 1.29 is 4.79 Å². The summed E-state index contributed by atoms with van der Waals surface area (Å²) in [5.74, 6) is 0.437. The van der Waals surface area contributed by atoms with E-state index in [9.17, 15) is 4.79 Å². The first-order valence-electron chi connectivity index (χ1n) is 7.86. The maximum absolute atomic E-state index is 12.2. The van der Waals surface area contributed by atoms with Crippen LogP contribution < -0.4 is 16.0 Å². The number of nitrogens with zero attached hydrogens (tertiary/aromatic N) is 3. The first-order chi connectivity index (χ1) is 10.7. The van der Waals surface area contributed by atoms with Crippen LogP contribution in [-0.4, -0.2) is 55.5 Å². The number of nitrogens with one attached hydrogen (secondary N) is 1. The maximum Gasteiger partial charge on any atom is 0.244 e. The molecule has 1 amide bonds. The van der Waals surface area contributed by atoms with Gasteiger partial charge < -0.3 is 20.9 Å². The lowest BCUT2D eigenvalue weighted by Crippen LogP contribution is -2.49. The van der Waals surface area contributed by atoms with E-state index in [2.05, 4.69) is 27.3 Å². The molecule has 6 heteroatoms. The molecule has 1 saturated carbocycles. The summed E-state index contributed by atoms with van der Waals surface area (Å²) in [6.07, 6.45) is 2.29. The number of anilines is 1. The molecule has 0 radical (unpaired) electrons. The molecule has 3 rings (SSSR count). The molecule has 1 heterocycles. The molecule has 1 aliphatic carbocycles. The van der Waals surface area contributed by atoms with Crippen molar-refractivity contribution in [1.82, 2.24) is 10.2 Å².